The van der Waals surface area contributed by atoms with Gasteiger partial charge in [-0.2, -0.15) is 0 Å². The smallest absolute Gasteiger partial charge is 0.374 e. The normalized spacial score (nSPS) is 21.3. The van der Waals surface area contributed by atoms with Crippen LogP contribution in [0.15, 0.2) is 33.1 Å². The molecule has 0 radical (unpaired) electrons. The molecule has 0 unspecified atom stereocenters. The first-order valence-corrected chi connectivity index (χ1v) is 8.94. The van der Waals surface area contributed by atoms with Crippen molar-refractivity contribution in [3.8, 4) is 0 Å². The van der Waals surface area contributed by atoms with Crippen LogP contribution in [0.5, 0.6) is 0 Å². The monoisotopic (exact) mass is 420 g/mol. The van der Waals surface area contributed by atoms with Gasteiger partial charge in [0.2, 0.25) is 23.0 Å². The van der Waals surface area contributed by atoms with Gasteiger partial charge in [-0.3, -0.25) is 0 Å². The van der Waals surface area contributed by atoms with E-state index in [1.54, 1.807) is 27.7 Å². The standard InChI is InChI=1S/C20H20O10/c1-19(2)17(29-15(25)11-7-5-9(27-11)13(21)22)20(3,4)18(19)30-16(26)12-8-6-10(28-12)14(23)24/h5-8,17-18H,1-4H3,(H,21,22)(H,23,24). The highest BCUT2D eigenvalue weighted by Gasteiger charge is 2.66. The second-order valence-corrected chi connectivity index (χ2v) is 8.15. The molecule has 1 fully saturated rings. The van der Waals surface area contributed by atoms with Crippen LogP contribution in [-0.4, -0.2) is 46.3 Å². The molecule has 2 aromatic rings. The van der Waals surface area contributed by atoms with Crippen molar-refractivity contribution >= 4 is 23.9 Å². The Balaban J connectivity index is 1.71. The van der Waals surface area contributed by atoms with Gasteiger partial charge in [-0.05, 0) is 24.3 Å². The van der Waals surface area contributed by atoms with Gasteiger partial charge < -0.3 is 28.5 Å². The SMILES string of the molecule is CC1(C)C(OC(=O)c2ccc(C(=O)O)o2)C(C)(C)C1OC(=O)c1ccc(C(=O)O)o1. The number of furan rings is 2. The Morgan fingerprint density at radius 3 is 1.27 bits per heavy atom. The third-order valence-corrected chi connectivity index (χ3v) is 5.19. The molecule has 1 aliphatic rings. The predicted octanol–water partition coefficient (Wildman–Crippen LogP) is 3.09. The van der Waals surface area contributed by atoms with Crippen molar-refractivity contribution in [3.63, 3.8) is 0 Å². The van der Waals surface area contributed by atoms with Crippen LogP contribution in [-0.2, 0) is 9.47 Å². The summed E-state index contributed by atoms with van der Waals surface area (Å²) in [5.74, 6) is -5.58. The lowest BCUT2D eigenvalue weighted by molar-refractivity contribution is -0.246. The van der Waals surface area contributed by atoms with Crippen molar-refractivity contribution in [2.75, 3.05) is 0 Å². The molecule has 0 atom stereocenters. The van der Waals surface area contributed by atoms with Gasteiger partial charge >= 0.3 is 23.9 Å². The largest absolute Gasteiger partial charge is 0.475 e. The number of carboxylic acids is 2. The number of aromatic carboxylic acids is 2. The van der Waals surface area contributed by atoms with Crippen LogP contribution in [0.1, 0.15) is 69.9 Å². The highest BCUT2D eigenvalue weighted by molar-refractivity contribution is 5.91. The van der Waals surface area contributed by atoms with Gasteiger partial charge in [0.1, 0.15) is 12.2 Å². The molecule has 10 nitrogen and oxygen atoms in total. The summed E-state index contributed by atoms with van der Waals surface area (Å²) < 4.78 is 21.0. The van der Waals surface area contributed by atoms with Crippen molar-refractivity contribution in [1.82, 2.24) is 0 Å². The Kier molecular flexibility index (Phi) is 4.97. The zero-order valence-corrected chi connectivity index (χ0v) is 16.6. The summed E-state index contributed by atoms with van der Waals surface area (Å²) in [6.07, 6.45) is -1.36. The van der Waals surface area contributed by atoms with Crippen LogP contribution >= 0.6 is 0 Å². The summed E-state index contributed by atoms with van der Waals surface area (Å²) in [6, 6.07) is 4.71. The molecule has 2 aromatic heterocycles. The summed E-state index contributed by atoms with van der Waals surface area (Å²) in [7, 11) is 0. The molecule has 0 aromatic carbocycles. The highest BCUT2D eigenvalue weighted by Crippen LogP contribution is 2.57. The number of hydrogen-bond acceptors (Lipinski definition) is 8. The Morgan fingerprint density at radius 2 is 1.00 bits per heavy atom. The first-order chi connectivity index (χ1) is 13.9. The van der Waals surface area contributed by atoms with Crippen LogP contribution in [0.3, 0.4) is 0 Å². The molecule has 0 aliphatic heterocycles. The zero-order chi connectivity index (χ0) is 22.4. The number of carbonyl (C=O) groups is 4. The maximum atomic E-state index is 12.4. The van der Waals surface area contributed by atoms with E-state index in [4.69, 9.17) is 28.5 Å². The fraction of sp³-hybridized carbons (Fsp3) is 0.400. The van der Waals surface area contributed by atoms with Gasteiger partial charge in [0.15, 0.2) is 0 Å². The Labute approximate surface area is 170 Å². The molecular weight excluding hydrogens is 400 g/mol. The summed E-state index contributed by atoms with van der Waals surface area (Å²) in [4.78, 5) is 46.6. The van der Waals surface area contributed by atoms with Crippen molar-refractivity contribution in [2.45, 2.75) is 39.9 Å². The molecule has 3 rings (SSSR count). The average molecular weight is 420 g/mol. The van der Waals surface area contributed by atoms with E-state index in [-0.39, 0.29) is 23.0 Å². The van der Waals surface area contributed by atoms with Crippen molar-refractivity contribution in [2.24, 2.45) is 10.8 Å². The lowest BCUT2D eigenvalue weighted by atomic mass is 9.51. The Bertz CT molecular complexity index is 928. The molecule has 10 heteroatoms. The second kappa shape index (κ2) is 7.05. The Morgan fingerprint density at radius 1 is 0.700 bits per heavy atom. The van der Waals surface area contributed by atoms with Gasteiger partial charge in [-0.25, -0.2) is 19.2 Å². The molecular formula is C20H20O10. The van der Waals surface area contributed by atoms with Crippen molar-refractivity contribution < 1.29 is 47.7 Å². The Hall–Kier alpha value is -3.56. The number of hydrogen-bond donors (Lipinski definition) is 2. The van der Waals surface area contributed by atoms with Crippen LogP contribution in [0.25, 0.3) is 0 Å². The first-order valence-electron chi connectivity index (χ1n) is 8.94. The molecule has 0 amide bonds. The summed E-state index contributed by atoms with van der Waals surface area (Å²) in [5, 5.41) is 17.8. The highest BCUT2D eigenvalue weighted by atomic mass is 16.6. The molecule has 30 heavy (non-hydrogen) atoms. The third-order valence-electron chi connectivity index (χ3n) is 5.19. The van der Waals surface area contributed by atoms with Gasteiger partial charge in [-0.1, -0.05) is 27.7 Å². The van der Waals surface area contributed by atoms with E-state index in [0.717, 1.165) is 12.1 Å². The maximum absolute atomic E-state index is 12.4. The summed E-state index contributed by atoms with van der Waals surface area (Å²) in [6.45, 7) is 6.96. The van der Waals surface area contributed by atoms with Crippen LogP contribution in [0.2, 0.25) is 0 Å². The van der Waals surface area contributed by atoms with Gasteiger partial charge in [0.25, 0.3) is 0 Å². The molecule has 1 aliphatic carbocycles. The van der Waals surface area contributed by atoms with Crippen LogP contribution in [0, 0.1) is 10.8 Å². The minimum atomic E-state index is -1.31. The van der Waals surface area contributed by atoms with E-state index < -0.39 is 46.9 Å². The molecule has 0 saturated heterocycles. The topological polar surface area (TPSA) is 153 Å². The van der Waals surface area contributed by atoms with Crippen LogP contribution in [0.4, 0.5) is 0 Å². The molecule has 2 N–H and O–H groups in total. The van der Waals surface area contributed by atoms with E-state index in [0.29, 0.717) is 0 Å². The summed E-state index contributed by atoms with van der Waals surface area (Å²) in [5.41, 5.74) is -1.58. The van der Waals surface area contributed by atoms with E-state index in [1.165, 1.54) is 12.1 Å². The van der Waals surface area contributed by atoms with Crippen molar-refractivity contribution in [1.29, 1.82) is 0 Å². The van der Waals surface area contributed by atoms with Gasteiger partial charge in [0, 0.05) is 10.8 Å². The van der Waals surface area contributed by atoms with E-state index >= 15 is 0 Å². The van der Waals surface area contributed by atoms with Crippen LogP contribution < -0.4 is 0 Å². The lowest BCUT2D eigenvalue weighted by Crippen LogP contribution is -2.69. The number of ether oxygens (including phenoxy) is 2. The van der Waals surface area contributed by atoms with Crippen molar-refractivity contribution in [3.05, 3.63) is 47.3 Å². The molecule has 2 heterocycles. The summed E-state index contributed by atoms with van der Waals surface area (Å²) >= 11 is 0. The average Bonchev–Trinajstić information content (AvgIpc) is 3.32. The van der Waals surface area contributed by atoms with E-state index in [2.05, 4.69) is 0 Å². The molecule has 0 bridgehead atoms. The minimum Gasteiger partial charge on any atom is -0.475 e. The van der Waals surface area contributed by atoms with E-state index in [9.17, 15) is 19.2 Å². The minimum absolute atomic E-state index is 0.253. The zero-order valence-electron chi connectivity index (χ0n) is 16.6. The number of esters is 2. The number of rotatable bonds is 6. The predicted molar refractivity (Wildman–Crippen MR) is 97.3 cm³/mol. The molecule has 1 saturated carbocycles. The lowest BCUT2D eigenvalue weighted by Gasteiger charge is -2.61. The fourth-order valence-corrected chi connectivity index (χ4v) is 4.16. The fourth-order valence-electron chi connectivity index (χ4n) is 4.16. The molecule has 160 valence electrons. The number of carbonyl (C=O) groups excluding carboxylic acids is 2. The maximum Gasteiger partial charge on any atom is 0.374 e. The quantitative estimate of drug-likeness (QED) is 0.666. The van der Waals surface area contributed by atoms with E-state index in [1.807, 2.05) is 0 Å². The number of carboxylic acid groups (broad SMARTS) is 2. The van der Waals surface area contributed by atoms with Gasteiger partial charge in [-0.15, -0.1) is 0 Å². The third kappa shape index (κ3) is 3.44. The second-order valence-electron chi connectivity index (χ2n) is 8.15. The first kappa shape index (κ1) is 21.2. The molecule has 0 spiro atoms. The van der Waals surface area contributed by atoms with Gasteiger partial charge in [0.05, 0.1) is 0 Å².